The van der Waals surface area contributed by atoms with Crippen LogP contribution < -0.4 is 5.32 Å². The van der Waals surface area contributed by atoms with Crippen LogP contribution in [-0.4, -0.2) is 47.8 Å². The third kappa shape index (κ3) is 4.71. The van der Waals surface area contributed by atoms with Crippen molar-refractivity contribution in [1.29, 1.82) is 0 Å². The van der Waals surface area contributed by atoms with E-state index in [4.69, 9.17) is 0 Å². The van der Waals surface area contributed by atoms with Gasteiger partial charge in [-0.1, -0.05) is 6.92 Å². The molecule has 92 valence electrons. The second kappa shape index (κ2) is 5.95. The zero-order valence-electron chi connectivity index (χ0n) is 9.68. The van der Waals surface area contributed by atoms with Crippen molar-refractivity contribution in [2.24, 2.45) is 7.05 Å². The lowest BCUT2D eigenvalue weighted by Gasteiger charge is -2.02. The molecule has 0 aliphatic rings. The summed E-state index contributed by atoms with van der Waals surface area (Å²) in [6, 6.07) is 0. The summed E-state index contributed by atoms with van der Waals surface area (Å²) in [6.45, 7) is 2.85. The molecule has 16 heavy (non-hydrogen) atoms. The number of hydrogen-bond donors (Lipinski definition) is 1. The smallest absolute Gasteiger partial charge is 0.151 e. The Balaban J connectivity index is 2.13. The van der Waals surface area contributed by atoms with Gasteiger partial charge in [-0.05, 0) is 0 Å². The third-order valence-electron chi connectivity index (χ3n) is 2.20. The summed E-state index contributed by atoms with van der Waals surface area (Å²) in [4.78, 5) is 4.07. The van der Waals surface area contributed by atoms with Crippen molar-refractivity contribution in [3.05, 3.63) is 12.2 Å². The van der Waals surface area contributed by atoms with Gasteiger partial charge >= 0.3 is 0 Å². The second-order valence-electron chi connectivity index (χ2n) is 3.57. The maximum absolute atomic E-state index is 11.2. The largest absolute Gasteiger partial charge is 0.315 e. The van der Waals surface area contributed by atoms with Gasteiger partial charge in [-0.2, -0.15) is 5.10 Å². The Morgan fingerprint density at radius 3 is 2.75 bits per heavy atom. The molecule has 0 amide bonds. The fraction of sp³-hybridized carbons (Fsp3) is 0.778. The molecule has 0 saturated heterocycles. The molecule has 0 aliphatic heterocycles. The van der Waals surface area contributed by atoms with Gasteiger partial charge in [0.15, 0.2) is 15.7 Å². The first-order valence-electron chi connectivity index (χ1n) is 5.29. The lowest BCUT2D eigenvalue weighted by molar-refractivity contribution is 0.591. The van der Waals surface area contributed by atoms with Gasteiger partial charge in [0.2, 0.25) is 0 Å². The van der Waals surface area contributed by atoms with Crippen LogP contribution in [0.15, 0.2) is 6.33 Å². The van der Waals surface area contributed by atoms with Crippen molar-refractivity contribution < 1.29 is 8.42 Å². The average molecular weight is 246 g/mol. The molecule has 1 aromatic rings. The van der Waals surface area contributed by atoms with Crippen molar-refractivity contribution in [2.45, 2.75) is 13.3 Å². The fourth-order valence-corrected chi connectivity index (χ4v) is 1.94. The molecule has 0 bridgehead atoms. The topological polar surface area (TPSA) is 76.9 Å². The molecule has 0 aromatic carbocycles. The van der Waals surface area contributed by atoms with Crippen molar-refractivity contribution in [3.63, 3.8) is 0 Å². The summed E-state index contributed by atoms with van der Waals surface area (Å²) < 4.78 is 24.0. The Hall–Kier alpha value is -0.950. The number of rotatable bonds is 7. The Morgan fingerprint density at radius 2 is 2.19 bits per heavy atom. The highest BCUT2D eigenvalue weighted by Crippen LogP contribution is 1.89. The maximum atomic E-state index is 11.2. The molecule has 0 aliphatic carbocycles. The highest BCUT2D eigenvalue weighted by atomic mass is 32.2. The summed E-state index contributed by atoms with van der Waals surface area (Å²) >= 11 is 0. The van der Waals surface area contributed by atoms with Crippen LogP contribution in [0, 0.1) is 0 Å². The summed E-state index contributed by atoms with van der Waals surface area (Å²) in [5.74, 6) is 1.17. The molecule has 1 rings (SSSR count). The number of sulfone groups is 1. The molecular weight excluding hydrogens is 228 g/mol. The number of aromatic nitrogens is 3. The van der Waals surface area contributed by atoms with Gasteiger partial charge in [-0.15, -0.1) is 0 Å². The molecule has 0 atom stereocenters. The van der Waals surface area contributed by atoms with Gasteiger partial charge in [0.25, 0.3) is 0 Å². The van der Waals surface area contributed by atoms with Crippen LogP contribution in [0.4, 0.5) is 0 Å². The van der Waals surface area contributed by atoms with Crippen molar-refractivity contribution >= 4 is 9.84 Å². The average Bonchev–Trinajstić information content (AvgIpc) is 2.64. The van der Waals surface area contributed by atoms with Gasteiger partial charge in [0.1, 0.15) is 6.33 Å². The molecule has 0 spiro atoms. The van der Waals surface area contributed by atoms with E-state index in [0.29, 0.717) is 19.5 Å². The number of nitrogens with zero attached hydrogens (tertiary/aromatic N) is 3. The molecule has 6 nitrogen and oxygen atoms in total. The third-order valence-corrected chi connectivity index (χ3v) is 3.91. The standard InChI is InChI=1S/C9H18N4O2S/c1-3-16(14,15)7-6-10-5-4-9-11-8-13(2)12-9/h8,10H,3-7H2,1-2H3. The fourth-order valence-electron chi connectivity index (χ4n) is 1.20. The van der Waals surface area contributed by atoms with Crippen LogP contribution in [0.3, 0.4) is 0 Å². The quantitative estimate of drug-likeness (QED) is 0.649. The van der Waals surface area contributed by atoms with Crippen LogP contribution in [0.1, 0.15) is 12.7 Å². The Labute approximate surface area is 96.0 Å². The molecule has 0 fully saturated rings. The first-order valence-corrected chi connectivity index (χ1v) is 7.11. The van der Waals surface area contributed by atoms with Gasteiger partial charge < -0.3 is 5.32 Å². The summed E-state index contributed by atoms with van der Waals surface area (Å²) in [7, 11) is -1.04. The predicted octanol–water partition coefficient (Wildman–Crippen LogP) is -0.618. The van der Waals surface area contributed by atoms with E-state index in [1.807, 2.05) is 7.05 Å². The van der Waals surface area contributed by atoms with Gasteiger partial charge in [0, 0.05) is 32.3 Å². The lowest BCUT2D eigenvalue weighted by Crippen LogP contribution is -2.25. The zero-order chi connectivity index (χ0) is 12.0. The first-order chi connectivity index (χ1) is 7.53. The monoisotopic (exact) mass is 246 g/mol. The van der Waals surface area contributed by atoms with E-state index >= 15 is 0 Å². The molecule has 1 N–H and O–H groups in total. The number of nitrogens with one attached hydrogen (secondary N) is 1. The van der Waals surface area contributed by atoms with E-state index in [0.717, 1.165) is 5.82 Å². The lowest BCUT2D eigenvalue weighted by atomic mass is 10.4. The molecule has 0 saturated carbocycles. The van der Waals surface area contributed by atoms with E-state index in [2.05, 4.69) is 15.4 Å². The SMILES string of the molecule is CCS(=O)(=O)CCNCCc1ncn(C)n1. The summed E-state index contributed by atoms with van der Waals surface area (Å²) in [6.07, 6.45) is 2.36. The molecular formula is C9H18N4O2S. The highest BCUT2D eigenvalue weighted by molar-refractivity contribution is 7.91. The van der Waals surface area contributed by atoms with E-state index in [9.17, 15) is 8.42 Å². The molecule has 1 heterocycles. The summed E-state index contributed by atoms with van der Waals surface area (Å²) in [5.41, 5.74) is 0. The Morgan fingerprint density at radius 1 is 1.44 bits per heavy atom. The van der Waals surface area contributed by atoms with Crippen LogP contribution in [0.25, 0.3) is 0 Å². The summed E-state index contributed by atoms with van der Waals surface area (Å²) in [5, 5.41) is 7.19. The van der Waals surface area contributed by atoms with Crippen LogP contribution in [-0.2, 0) is 23.3 Å². The van der Waals surface area contributed by atoms with Gasteiger partial charge in [0.05, 0.1) is 5.75 Å². The predicted molar refractivity (Wildman–Crippen MR) is 61.9 cm³/mol. The van der Waals surface area contributed by atoms with Crippen LogP contribution in [0.5, 0.6) is 0 Å². The highest BCUT2D eigenvalue weighted by Gasteiger charge is 2.06. The number of hydrogen-bond acceptors (Lipinski definition) is 5. The normalized spacial score (nSPS) is 11.9. The molecule has 0 unspecified atom stereocenters. The van der Waals surface area contributed by atoms with E-state index in [-0.39, 0.29) is 11.5 Å². The minimum absolute atomic E-state index is 0.194. The minimum atomic E-state index is -2.86. The van der Waals surface area contributed by atoms with Crippen molar-refractivity contribution in [1.82, 2.24) is 20.1 Å². The van der Waals surface area contributed by atoms with Crippen LogP contribution >= 0.6 is 0 Å². The molecule has 0 radical (unpaired) electrons. The molecule has 1 aromatic heterocycles. The van der Waals surface area contributed by atoms with E-state index < -0.39 is 9.84 Å². The van der Waals surface area contributed by atoms with Crippen LogP contribution in [0.2, 0.25) is 0 Å². The van der Waals surface area contributed by atoms with Crippen molar-refractivity contribution in [2.75, 3.05) is 24.6 Å². The van der Waals surface area contributed by atoms with E-state index in [1.54, 1.807) is 17.9 Å². The number of aryl methyl sites for hydroxylation is 1. The second-order valence-corrected chi connectivity index (χ2v) is 6.04. The Kier molecular flexibility index (Phi) is 4.88. The first kappa shape index (κ1) is 13.1. The maximum Gasteiger partial charge on any atom is 0.151 e. The van der Waals surface area contributed by atoms with Crippen molar-refractivity contribution in [3.8, 4) is 0 Å². The van der Waals surface area contributed by atoms with Gasteiger partial charge in [-0.3, -0.25) is 4.68 Å². The molecule has 7 heteroatoms. The minimum Gasteiger partial charge on any atom is -0.315 e. The zero-order valence-corrected chi connectivity index (χ0v) is 10.5. The van der Waals surface area contributed by atoms with E-state index in [1.165, 1.54) is 0 Å². The van der Waals surface area contributed by atoms with Gasteiger partial charge in [-0.25, -0.2) is 13.4 Å². The Bertz CT molecular complexity index is 413.